The van der Waals surface area contributed by atoms with Crippen LogP contribution in [0.25, 0.3) is 11.0 Å². The lowest BCUT2D eigenvalue weighted by molar-refractivity contribution is 0.0648. The number of imidazole rings is 1. The first-order chi connectivity index (χ1) is 14.6. The lowest BCUT2D eigenvalue weighted by Gasteiger charge is -2.33. The molecule has 2 aliphatic rings. The summed E-state index contributed by atoms with van der Waals surface area (Å²) in [7, 11) is 1.98. The fraction of sp³-hybridized carbons (Fsp3) is 0.417. The lowest BCUT2D eigenvalue weighted by Crippen LogP contribution is -2.42. The first-order valence-electron chi connectivity index (χ1n) is 10.7. The second kappa shape index (κ2) is 7.43. The van der Waals surface area contributed by atoms with Crippen molar-refractivity contribution in [3.8, 4) is 5.75 Å². The number of nitrogens with zero attached hydrogens (tertiary/aromatic N) is 3. The molecule has 1 fully saturated rings. The molecule has 0 spiro atoms. The van der Waals surface area contributed by atoms with Crippen LogP contribution in [0.15, 0.2) is 30.3 Å². The Morgan fingerprint density at radius 1 is 1.30 bits per heavy atom. The number of aromatic nitrogens is 2. The van der Waals surface area contributed by atoms with Gasteiger partial charge in [0.05, 0.1) is 5.52 Å². The fourth-order valence-corrected chi connectivity index (χ4v) is 4.60. The van der Waals surface area contributed by atoms with Crippen LogP contribution < -0.4 is 4.74 Å². The summed E-state index contributed by atoms with van der Waals surface area (Å²) in [5.41, 5.74) is 5.71. The molecule has 1 N–H and O–H groups in total. The molecule has 0 radical (unpaired) electrons. The van der Waals surface area contributed by atoms with E-state index in [0.29, 0.717) is 6.42 Å². The molecule has 0 unspecified atom stereocenters. The van der Waals surface area contributed by atoms with Crippen LogP contribution in [0.5, 0.6) is 5.75 Å². The SMILES string of the molecule is Cc1nc2c3c(c(C(=O)N4CCC4)cc2n1C)CC[C@@H](c1ccccc1CCO)O3. The van der Waals surface area contributed by atoms with Crippen LogP contribution in [-0.2, 0) is 19.9 Å². The molecule has 0 bridgehead atoms. The highest BCUT2D eigenvalue weighted by Crippen LogP contribution is 2.42. The molecule has 1 saturated heterocycles. The Balaban J connectivity index is 1.62. The lowest BCUT2D eigenvalue weighted by atomic mass is 9.90. The summed E-state index contributed by atoms with van der Waals surface area (Å²) in [6, 6.07) is 10.1. The number of benzene rings is 2. The summed E-state index contributed by atoms with van der Waals surface area (Å²) in [5, 5.41) is 9.46. The zero-order valence-electron chi connectivity index (χ0n) is 17.5. The highest BCUT2D eigenvalue weighted by molar-refractivity contribution is 6.02. The first-order valence-corrected chi connectivity index (χ1v) is 10.7. The van der Waals surface area contributed by atoms with Crippen molar-refractivity contribution >= 4 is 16.9 Å². The molecular formula is C24H27N3O3. The molecule has 5 rings (SSSR count). The number of aryl methyl sites for hydroxylation is 2. The highest BCUT2D eigenvalue weighted by atomic mass is 16.5. The Morgan fingerprint density at radius 2 is 2.10 bits per heavy atom. The second-order valence-corrected chi connectivity index (χ2v) is 8.28. The third kappa shape index (κ3) is 2.98. The number of carbonyl (C=O) groups excluding carboxylic acids is 1. The zero-order chi connectivity index (χ0) is 20.8. The van der Waals surface area contributed by atoms with E-state index in [1.54, 1.807) is 0 Å². The predicted octanol–water partition coefficient (Wildman–Crippen LogP) is 3.33. The van der Waals surface area contributed by atoms with Crippen molar-refractivity contribution in [2.45, 2.75) is 38.7 Å². The number of carbonyl (C=O) groups is 1. The van der Waals surface area contributed by atoms with Crippen molar-refractivity contribution in [1.82, 2.24) is 14.5 Å². The van der Waals surface area contributed by atoms with Crippen LogP contribution in [0.3, 0.4) is 0 Å². The molecule has 3 heterocycles. The van der Waals surface area contributed by atoms with Gasteiger partial charge in [-0.1, -0.05) is 24.3 Å². The van der Waals surface area contributed by atoms with Gasteiger partial charge < -0.3 is 19.3 Å². The molecule has 6 nitrogen and oxygen atoms in total. The van der Waals surface area contributed by atoms with E-state index in [2.05, 4.69) is 12.1 Å². The molecule has 30 heavy (non-hydrogen) atoms. The number of ether oxygens (including phenoxy) is 1. The normalized spacial score (nSPS) is 18.1. The number of hydrogen-bond donors (Lipinski definition) is 1. The van der Waals surface area contributed by atoms with Gasteiger partial charge in [-0.25, -0.2) is 4.98 Å². The van der Waals surface area contributed by atoms with Crippen molar-refractivity contribution in [3.63, 3.8) is 0 Å². The molecule has 2 aromatic carbocycles. The average Bonchev–Trinajstić information content (AvgIpc) is 3.00. The van der Waals surface area contributed by atoms with Crippen molar-refractivity contribution < 1.29 is 14.6 Å². The summed E-state index contributed by atoms with van der Waals surface area (Å²) in [6.45, 7) is 3.74. The minimum atomic E-state index is -0.111. The van der Waals surface area contributed by atoms with Crippen LogP contribution >= 0.6 is 0 Å². The Morgan fingerprint density at radius 3 is 2.83 bits per heavy atom. The van der Waals surface area contributed by atoms with Crippen LogP contribution in [0.1, 0.15) is 51.8 Å². The monoisotopic (exact) mass is 405 g/mol. The summed E-state index contributed by atoms with van der Waals surface area (Å²) in [6.07, 6.45) is 3.14. The number of fused-ring (bicyclic) bond motifs is 3. The van der Waals surface area contributed by atoms with Crippen molar-refractivity contribution in [3.05, 3.63) is 58.4 Å². The maximum absolute atomic E-state index is 13.2. The molecular weight excluding hydrogens is 378 g/mol. The van der Waals surface area contributed by atoms with E-state index >= 15 is 0 Å². The van der Waals surface area contributed by atoms with Crippen LogP contribution in [0, 0.1) is 6.92 Å². The van der Waals surface area contributed by atoms with Crippen LogP contribution in [0.4, 0.5) is 0 Å². The molecule has 1 aromatic heterocycles. The third-order valence-electron chi connectivity index (χ3n) is 6.53. The summed E-state index contributed by atoms with van der Waals surface area (Å²) < 4.78 is 8.60. The first kappa shape index (κ1) is 19.1. The van der Waals surface area contributed by atoms with E-state index < -0.39 is 0 Å². The average molecular weight is 405 g/mol. The van der Waals surface area contributed by atoms with Gasteiger partial charge in [0.1, 0.15) is 17.4 Å². The Hall–Kier alpha value is -2.86. The van der Waals surface area contributed by atoms with E-state index in [1.807, 2.05) is 41.6 Å². The molecule has 0 aliphatic carbocycles. The molecule has 156 valence electrons. The van der Waals surface area contributed by atoms with Gasteiger partial charge in [0.2, 0.25) is 0 Å². The van der Waals surface area contributed by atoms with Crippen molar-refractivity contribution in [2.75, 3.05) is 19.7 Å². The number of amides is 1. The van der Waals surface area contributed by atoms with Gasteiger partial charge in [-0.05, 0) is 49.8 Å². The molecule has 1 amide bonds. The minimum absolute atomic E-state index is 0.0981. The highest BCUT2D eigenvalue weighted by Gasteiger charge is 2.32. The van der Waals surface area contributed by atoms with E-state index in [9.17, 15) is 9.90 Å². The van der Waals surface area contributed by atoms with Crippen LogP contribution in [-0.4, -0.2) is 45.2 Å². The van der Waals surface area contributed by atoms with Gasteiger partial charge in [-0.3, -0.25) is 4.79 Å². The molecule has 1 atom stereocenters. The maximum atomic E-state index is 13.2. The van der Waals surface area contributed by atoms with Gasteiger partial charge >= 0.3 is 0 Å². The Bertz CT molecular complexity index is 1130. The predicted molar refractivity (Wildman–Crippen MR) is 115 cm³/mol. The van der Waals surface area contributed by atoms with Crippen LogP contribution in [0.2, 0.25) is 0 Å². The number of rotatable bonds is 4. The summed E-state index contributed by atoms with van der Waals surface area (Å²) in [4.78, 5) is 19.8. The maximum Gasteiger partial charge on any atom is 0.254 e. The summed E-state index contributed by atoms with van der Waals surface area (Å²) >= 11 is 0. The number of hydrogen-bond acceptors (Lipinski definition) is 4. The summed E-state index contributed by atoms with van der Waals surface area (Å²) in [5.74, 6) is 1.74. The third-order valence-corrected chi connectivity index (χ3v) is 6.53. The van der Waals surface area contributed by atoms with Gasteiger partial charge in [-0.15, -0.1) is 0 Å². The minimum Gasteiger partial charge on any atom is -0.483 e. The van der Waals surface area contributed by atoms with E-state index in [1.165, 1.54) is 0 Å². The quantitative estimate of drug-likeness (QED) is 0.723. The Kier molecular flexibility index (Phi) is 4.74. The van der Waals surface area contributed by atoms with Gasteiger partial charge in [-0.2, -0.15) is 0 Å². The topological polar surface area (TPSA) is 67.6 Å². The molecule has 6 heteroatoms. The van der Waals surface area contributed by atoms with Crippen molar-refractivity contribution in [2.24, 2.45) is 7.05 Å². The largest absolute Gasteiger partial charge is 0.483 e. The number of aliphatic hydroxyl groups is 1. The van der Waals surface area contributed by atoms with Gasteiger partial charge in [0, 0.05) is 37.9 Å². The fourth-order valence-electron chi connectivity index (χ4n) is 4.60. The van der Waals surface area contributed by atoms with Gasteiger partial charge in [0.15, 0.2) is 5.75 Å². The van der Waals surface area contributed by atoms with E-state index in [0.717, 1.165) is 77.2 Å². The Labute approximate surface area is 176 Å². The standard InChI is InChI=1S/C24H27N3O3/c1-15-25-22-20(26(15)2)14-19(24(29)27-11-5-12-27)18-8-9-21(30-23(18)22)17-7-4-3-6-16(17)10-13-28/h3-4,6-7,14,21,28H,5,8-13H2,1-2H3/t21-/m0/s1. The molecule has 2 aliphatic heterocycles. The second-order valence-electron chi connectivity index (χ2n) is 8.28. The smallest absolute Gasteiger partial charge is 0.254 e. The van der Waals surface area contributed by atoms with E-state index in [-0.39, 0.29) is 18.6 Å². The molecule has 3 aromatic rings. The van der Waals surface area contributed by atoms with Crippen molar-refractivity contribution in [1.29, 1.82) is 0 Å². The number of likely N-dealkylation sites (tertiary alicyclic amines) is 1. The zero-order valence-corrected chi connectivity index (χ0v) is 17.5. The number of aliphatic hydroxyl groups excluding tert-OH is 1. The van der Waals surface area contributed by atoms with Gasteiger partial charge in [0.25, 0.3) is 5.91 Å². The van der Waals surface area contributed by atoms with E-state index in [4.69, 9.17) is 9.72 Å². The molecule has 0 saturated carbocycles.